The van der Waals surface area contributed by atoms with Crippen molar-refractivity contribution in [2.45, 2.75) is 0 Å². The number of nitrogens with zero attached hydrogens (tertiary/aromatic N) is 1. The molecule has 10 nitrogen and oxygen atoms in total. The number of benzene rings is 3. The van der Waals surface area contributed by atoms with E-state index in [1.54, 1.807) is 54.6 Å². The first-order chi connectivity index (χ1) is 19.2. The van der Waals surface area contributed by atoms with Gasteiger partial charge in [-0.15, -0.1) is 0 Å². The Bertz CT molecular complexity index is 1430. The first-order valence-electron chi connectivity index (χ1n) is 11.4. The van der Waals surface area contributed by atoms with Gasteiger partial charge < -0.3 is 24.8 Å². The Morgan fingerprint density at radius 2 is 1.68 bits per heavy atom. The van der Waals surface area contributed by atoms with Gasteiger partial charge in [0.1, 0.15) is 12.4 Å². The highest BCUT2D eigenvalue weighted by atomic mass is 79.9. The number of anilines is 2. The zero-order valence-corrected chi connectivity index (χ0v) is 24.1. The largest absolute Gasteiger partial charge is 0.493 e. The summed E-state index contributed by atoms with van der Waals surface area (Å²) in [5.41, 5.74) is 3.53. The lowest BCUT2D eigenvalue weighted by atomic mass is 10.2. The number of hydrogen-bond donors (Lipinski definition) is 3. The monoisotopic (exact) mass is 648 g/mol. The Balaban J connectivity index is 1.55. The van der Waals surface area contributed by atoms with Gasteiger partial charge in [0.2, 0.25) is 0 Å². The Morgan fingerprint density at radius 1 is 0.950 bits per heavy atom. The van der Waals surface area contributed by atoms with Crippen LogP contribution in [0.25, 0.3) is 0 Å². The van der Waals surface area contributed by atoms with E-state index in [2.05, 4.69) is 43.7 Å². The SMILES string of the molecule is C=CCOc1ccc(NC(=O)C(=O)N/N=C\c2cc(Br)c(OCC(=O)Nc3ccc(Cl)c(Cl)c3)c(OC)c2)cc1. The molecule has 0 aromatic heterocycles. The quantitative estimate of drug-likeness (QED) is 0.110. The summed E-state index contributed by atoms with van der Waals surface area (Å²) in [5.74, 6) is -1.15. The van der Waals surface area contributed by atoms with E-state index in [-0.39, 0.29) is 12.4 Å². The van der Waals surface area contributed by atoms with Gasteiger partial charge in [-0.1, -0.05) is 35.9 Å². The predicted octanol–water partition coefficient (Wildman–Crippen LogP) is 5.44. The minimum absolute atomic E-state index is 0.272. The highest BCUT2D eigenvalue weighted by molar-refractivity contribution is 9.10. The van der Waals surface area contributed by atoms with Gasteiger partial charge >= 0.3 is 11.8 Å². The lowest BCUT2D eigenvalue weighted by molar-refractivity contribution is -0.136. The standard InChI is InChI=1S/C27H23BrCl2N4O6/c1-3-10-39-19-7-4-17(5-8-19)33-26(36)27(37)34-31-14-16-11-20(28)25(23(12-16)38-2)40-15-24(35)32-18-6-9-21(29)22(30)13-18/h3-9,11-14H,1,10,15H2,2H3,(H,32,35)(H,33,36)(H,34,37)/b31-14-. The third-order valence-corrected chi connectivity index (χ3v) is 6.20. The van der Waals surface area contributed by atoms with Crippen LogP contribution < -0.4 is 30.3 Å². The molecule has 0 fully saturated rings. The van der Waals surface area contributed by atoms with Crippen molar-refractivity contribution in [3.05, 3.63) is 87.3 Å². The molecule has 0 heterocycles. The van der Waals surface area contributed by atoms with Crippen molar-refractivity contribution in [3.63, 3.8) is 0 Å². The molecule has 3 rings (SSSR count). The summed E-state index contributed by atoms with van der Waals surface area (Å²) in [4.78, 5) is 36.6. The number of carbonyl (C=O) groups is 3. The summed E-state index contributed by atoms with van der Waals surface area (Å²) < 4.78 is 16.8. The molecule has 0 aliphatic rings. The van der Waals surface area contributed by atoms with Crippen molar-refractivity contribution in [1.82, 2.24) is 5.43 Å². The van der Waals surface area contributed by atoms with Crippen LogP contribution in [-0.4, -0.2) is 44.3 Å². The summed E-state index contributed by atoms with van der Waals surface area (Å²) in [6, 6.07) is 14.4. The number of carbonyl (C=O) groups excluding carboxylic acids is 3. The van der Waals surface area contributed by atoms with E-state index >= 15 is 0 Å². The summed E-state index contributed by atoms with van der Waals surface area (Å²) in [6.45, 7) is 3.60. The lowest BCUT2D eigenvalue weighted by Crippen LogP contribution is -2.32. The van der Waals surface area contributed by atoms with Gasteiger partial charge in [0.05, 0.1) is 27.8 Å². The summed E-state index contributed by atoms with van der Waals surface area (Å²) >= 11 is 15.2. The fourth-order valence-electron chi connectivity index (χ4n) is 3.06. The highest BCUT2D eigenvalue weighted by Crippen LogP contribution is 2.36. The van der Waals surface area contributed by atoms with Crippen molar-refractivity contribution in [2.75, 3.05) is 31.0 Å². The molecule has 0 saturated carbocycles. The number of hydrazone groups is 1. The highest BCUT2D eigenvalue weighted by Gasteiger charge is 2.15. The van der Waals surface area contributed by atoms with Crippen LogP contribution in [0.1, 0.15) is 5.56 Å². The maximum absolute atomic E-state index is 12.3. The average molecular weight is 650 g/mol. The van der Waals surface area contributed by atoms with Crippen molar-refractivity contribution in [3.8, 4) is 17.2 Å². The van der Waals surface area contributed by atoms with Gasteiger partial charge in [-0.3, -0.25) is 14.4 Å². The van der Waals surface area contributed by atoms with Crippen molar-refractivity contribution >= 4 is 74.4 Å². The molecule has 0 unspecified atom stereocenters. The molecule has 3 aromatic rings. The first-order valence-corrected chi connectivity index (χ1v) is 13.0. The molecule has 3 aromatic carbocycles. The molecule has 0 saturated heterocycles. The molecule has 40 heavy (non-hydrogen) atoms. The predicted molar refractivity (Wildman–Crippen MR) is 158 cm³/mol. The van der Waals surface area contributed by atoms with Crippen molar-refractivity contribution < 1.29 is 28.6 Å². The minimum Gasteiger partial charge on any atom is -0.493 e. The summed E-state index contributed by atoms with van der Waals surface area (Å²) in [7, 11) is 1.43. The maximum atomic E-state index is 12.3. The molecule has 0 spiro atoms. The molecule has 0 bridgehead atoms. The van der Waals surface area contributed by atoms with Crippen LogP contribution in [0.2, 0.25) is 10.0 Å². The number of rotatable bonds is 11. The third-order valence-electron chi connectivity index (χ3n) is 4.87. The number of halogens is 3. The van der Waals surface area contributed by atoms with Gasteiger partial charge in [0, 0.05) is 11.4 Å². The third kappa shape index (κ3) is 9.01. The van der Waals surface area contributed by atoms with Gasteiger partial charge in [0.25, 0.3) is 5.91 Å². The second kappa shape index (κ2) is 14.9. The Morgan fingerprint density at radius 3 is 2.35 bits per heavy atom. The van der Waals surface area contributed by atoms with Gasteiger partial charge in [-0.2, -0.15) is 5.10 Å². The molecule has 208 valence electrons. The van der Waals surface area contributed by atoms with Gasteiger partial charge in [0.15, 0.2) is 18.1 Å². The van der Waals surface area contributed by atoms with Crippen LogP contribution in [0.15, 0.2) is 76.8 Å². The van der Waals surface area contributed by atoms with Crippen LogP contribution in [0.5, 0.6) is 17.2 Å². The fraction of sp³-hybridized carbons (Fsp3) is 0.111. The minimum atomic E-state index is -0.970. The molecular weight excluding hydrogens is 627 g/mol. The van der Waals surface area contributed by atoms with Crippen LogP contribution in [0.4, 0.5) is 11.4 Å². The second-order valence-electron chi connectivity index (χ2n) is 7.78. The zero-order valence-electron chi connectivity index (χ0n) is 21.0. The molecule has 13 heteroatoms. The molecule has 3 amide bonds. The Kier molecular flexibility index (Phi) is 11.4. The van der Waals surface area contributed by atoms with E-state index in [0.29, 0.717) is 49.6 Å². The summed E-state index contributed by atoms with van der Waals surface area (Å²) in [5, 5.41) is 9.61. The number of amides is 3. The van der Waals surface area contributed by atoms with Gasteiger partial charge in [-0.05, 0) is 76.1 Å². The number of nitrogens with one attached hydrogen (secondary N) is 3. The molecule has 0 atom stereocenters. The van der Waals surface area contributed by atoms with E-state index < -0.39 is 17.7 Å². The number of hydrogen-bond acceptors (Lipinski definition) is 7. The average Bonchev–Trinajstić information content (AvgIpc) is 2.93. The van der Waals surface area contributed by atoms with E-state index in [1.807, 2.05) is 0 Å². The molecular formula is C27H23BrCl2N4O6. The second-order valence-corrected chi connectivity index (χ2v) is 9.45. The molecule has 0 aliphatic carbocycles. The number of methoxy groups -OCH3 is 1. The van der Waals surface area contributed by atoms with Crippen LogP contribution in [-0.2, 0) is 14.4 Å². The molecule has 0 radical (unpaired) electrons. The normalized spacial score (nSPS) is 10.5. The number of ether oxygens (including phenoxy) is 3. The zero-order chi connectivity index (χ0) is 29.1. The Labute approximate surface area is 248 Å². The van der Waals surface area contributed by atoms with Crippen LogP contribution >= 0.6 is 39.1 Å². The fourth-order valence-corrected chi connectivity index (χ4v) is 3.93. The van der Waals surface area contributed by atoms with Gasteiger partial charge in [-0.25, -0.2) is 5.43 Å². The summed E-state index contributed by atoms with van der Waals surface area (Å²) in [6.07, 6.45) is 2.92. The smallest absolute Gasteiger partial charge is 0.329 e. The topological polar surface area (TPSA) is 127 Å². The Hall–Kier alpha value is -4.06. The molecule has 3 N–H and O–H groups in total. The van der Waals surface area contributed by atoms with Crippen LogP contribution in [0.3, 0.4) is 0 Å². The van der Waals surface area contributed by atoms with E-state index in [4.69, 9.17) is 37.4 Å². The maximum Gasteiger partial charge on any atom is 0.329 e. The van der Waals surface area contributed by atoms with E-state index in [1.165, 1.54) is 19.4 Å². The first kappa shape index (κ1) is 30.5. The van der Waals surface area contributed by atoms with E-state index in [9.17, 15) is 14.4 Å². The van der Waals surface area contributed by atoms with Crippen molar-refractivity contribution in [2.24, 2.45) is 5.10 Å². The van der Waals surface area contributed by atoms with Crippen molar-refractivity contribution in [1.29, 1.82) is 0 Å². The molecule has 0 aliphatic heterocycles. The lowest BCUT2D eigenvalue weighted by Gasteiger charge is -2.13. The van der Waals surface area contributed by atoms with E-state index in [0.717, 1.165) is 0 Å². The van der Waals surface area contributed by atoms with Crippen LogP contribution in [0, 0.1) is 0 Å².